The lowest BCUT2D eigenvalue weighted by molar-refractivity contribution is 0.250. The molecule has 0 amide bonds. The van der Waals surface area contributed by atoms with E-state index in [1.54, 1.807) is 19.2 Å². The topological polar surface area (TPSA) is 52.5 Å². The number of hydrogen-bond donors (Lipinski definition) is 3. The molecule has 0 bridgehead atoms. The highest BCUT2D eigenvalue weighted by Crippen LogP contribution is 2.26. The SMILES string of the molecule is CN[C@@H](CO)c1ccc(Br)c(O)c1. The molecule has 0 heterocycles. The molecule has 1 aromatic rings. The van der Waals surface area contributed by atoms with Gasteiger partial charge in [-0.3, -0.25) is 0 Å². The Kier molecular flexibility index (Phi) is 3.71. The van der Waals surface area contributed by atoms with Crippen molar-refractivity contribution in [2.75, 3.05) is 13.7 Å². The fourth-order valence-electron chi connectivity index (χ4n) is 1.11. The van der Waals surface area contributed by atoms with Crippen LogP contribution < -0.4 is 5.32 Å². The number of aromatic hydroxyl groups is 1. The van der Waals surface area contributed by atoms with Crippen LogP contribution in [0.25, 0.3) is 0 Å². The van der Waals surface area contributed by atoms with Crippen molar-refractivity contribution in [3.8, 4) is 5.75 Å². The maximum absolute atomic E-state index is 9.38. The Balaban J connectivity index is 2.95. The first-order valence-corrected chi connectivity index (χ1v) is 4.75. The molecule has 4 heteroatoms. The normalized spacial score (nSPS) is 12.8. The van der Waals surface area contributed by atoms with Gasteiger partial charge in [0.1, 0.15) is 5.75 Å². The zero-order valence-corrected chi connectivity index (χ0v) is 8.87. The van der Waals surface area contributed by atoms with Gasteiger partial charge in [-0.2, -0.15) is 0 Å². The number of hydrogen-bond acceptors (Lipinski definition) is 3. The first kappa shape index (κ1) is 10.5. The van der Waals surface area contributed by atoms with Crippen molar-refractivity contribution in [1.29, 1.82) is 0 Å². The van der Waals surface area contributed by atoms with Crippen molar-refractivity contribution in [2.24, 2.45) is 0 Å². The number of aliphatic hydroxyl groups is 1. The Bertz CT molecular complexity index is 287. The lowest BCUT2D eigenvalue weighted by Gasteiger charge is -2.13. The molecule has 0 aliphatic heterocycles. The summed E-state index contributed by atoms with van der Waals surface area (Å²) < 4.78 is 0.657. The fraction of sp³-hybridized carbons (Fsp3) is 0.333. The molecule has 13 heavy (non-hydrogen) atoms. The Hall–Kier alpha value is -0.580. The largest absolute Gasteiger partial charge is 0.507 e. The predicted molar refractivity (Wildman–Crippen MR) is 54.7 cm³/mol. The third-order valence-electron chi connectivity index (χ3n) is 1.90. The summed E-state index contributed by atoms with van der Waals surface area (Å²) in [5.41, 5.74) is 0.866. The highest BCUT2D eigenvalue weighted by molar-refractivity contribution is 9.10. The quantitative estimate of drug-likeness (QED) is 0.755. The average molecular weight is 246 g/mol. The van der Waals surface area contributed by atoms with Gasteiger partial charge < -0.3 is 15.5 Å². The molecule has 0 aliphatic carbocycles. The second-order valence-electron chi connectivity index (χ2n) is 2.73. The van der Waals surface area contributed by atoms with Gasteiger partial charge in [-0.05, 0) is 40.7 Å². The van der Waals surface area contributed by atoms with Gasteiger partial charge in [-0.25, -0.2) is 0 Å². The van der Waals surface area contributed by atoms with Gasteiger partial charge in [0.25, 0.3) is 0 Å². The molecule has 0 unspecified atom stereocenters. The first-order chi connectivity index (χ1) is 6.19. The highest BCUT2D eigenvalue weighted by Gasteiger charge is 2.08. The molecular formula is C9H12BrNO2. The van der Waals surface area contributed by atoms with E-state index >= 15 is 0 Å². The minimum Gasteiger partial charge on any atom is -0.507 e. The summed E-state index contributed by atoms with van der Waals surface area (Å²) in [6.45, 7) is 0.0115. The van der Waals surface area contributed by atoms with E-state index < -0.39 is 0 Å². The summed E-state index contributed by atoms with van der Waals surface area (Å²) in [6, 6.07) is 5.10. The minimum absolute atomic E-state index is 0.0115. The molecule has 0 aliphatic rings. The Labute approximate surface area is 85.5 Å². The summed E-state index contributed by atoms with van der Waals surface area (Å²) in [6.07, 6.45) is 0. The van der Waals surface area contributed by atoms with E-state index in [9.17, 15) is 5.11 Å². The van der Waals surface area contributed by atoms with E-state index in [0.29, 0.717) is 4.47 Å². The Morgan fingerprint density at radius 2 is 2.23 bits per heavy atom. The van der Waals surface area contributed by atoms with Crippen LogP contribution in [0, 0.1) is 0 Å². The number of aliphatic hydroxyl groups excluding tert-OH is 1. The van der Waals surface area contributed by atoms with Crippen LogP contribution in [0.5, 0.6) is 5.75 Å². The minimum atomic E-state index is -0.126. The second kappa shape index (κ2) is 4.60. The molecule has 72 valence electrons. The van der Waals surface area contributed by atoms with Crippen LogP contribution in [0.15, 0.2) is 22.7 Å². The Morgan fingerprint density at radius 3 is 2.69 bits per heavy atom. The molecule has 1 aromatic carbocycles. The predicted octanol–water partition coefficient (Wildman–Crippen LogP) is 1.41. The van der Waals surface area contributed by atoms with Crippen LogP contribution in [0.3, 0.4) is 0 Å². The summed E-state index contributed by atoms with van der Waals surface area (Å²) in [5.74, 6) is 0.186. The maximum Gasteiger partial charge on any atom is 0.130 e. The number of phenols is 1. The van der Waals surface area contributed by atoms with E-state index in [1.807, 2.05) is 6.07 Å². The highest BCUT2D eigenvalue weighted by atomic mass is 79.9. The first-order valence-electron chi connectivity index (χ1n) is 3.95. The number of benzene rings is 1. The van der Waals surface area contributed by atoms with Crippen molar-refractivity contribution >= 4 is 15.9 Å². The van der Waals surface area contributed by atoms with E-state index in [0.717, 1.165) is 5.56 Å². The van der Waals surface area contributed by atoms with Gasteiger partial charge in [0, 0.05) is 0 Å². The van der Waals surface area contributed by atoms with Gasteiger partial charge in [-0.1, -0.05) is 6.07 Å². The van der Waals surface area contributed by atoms with Crippen LogP contribution in [0.1, 0.15) is 11.6 Å². The van der Waals surface area contributed by atoms with Gasteiger partial charge in [0.2, 0.25) is 0 Å². The zero-order valence-electron chi connectivity index (χ0n) is 7.29. The van der Waals surface area contributed by atoms with Crippen LogP contribution in [0.4, 0.5) is 0 Å². The van der Waals surface area contributed by atoms with E-state index in [-0.39, 0.29) is 18.4 Å². The smallest absolute Gasteiger partial charge is 0.130 e. The van der Waals surface area contributed by atoms with Gasteiger partial charge in [0.15, 0.2) is 0 Å². The molecule has 0 fully saturated rings. The maximum atomic E-state index is 9.38. The fourth-order valence-corrected chi connectivity index (χ4v) is 1.36. The average Bonchev–Trinajstić information content (AvgIpc) is 2.13. The van der Waals surface area contributed by atoms with Gasteiger partial charge in [-0.15, -0.1) is 0 Å². The summed E-state index contributed by atoms with van der Waals surface area (Å²) in [7, 11) is 1.76. The number of rotatable bonds is 3. The van der Waals surface area contributed by atoms with E-state index in [1.165, 1.54) is 0 Å². The molecule has 0 radical (unpaired) electrons. The van der Waals surface area contributed by atoms with Crippen molar-refractivity contribution in [3.05, 3.63) is 28.2 Å². The lowest BCUT2D eigenvalue weighted by Crippen LogP contribution is -2.19. The van der Waals surface area contributed by atoms with Crippen molar-refractivity contribution in [1.82, 2.24) is 5.32 Å². The molecule has 0 aromatic heterocycles. The molecule has 0 saturated carbocycles. The summed E-state index contributed by atoms with van der Waals surface area (Å²) >= 11 is 3.19. The standard InChI is InChI=1S/C9H12BrNO2/c1-11-8(5-12)6-2-3-7(10)9(13)4-6/h2-4,8,11-13H,5H2,1H3/t8-/m0/s1. The van der Waals surface area contributed by atoms with Gasteiger partial charge >= 0.3 is 0 Å². The van der Waals surface area contributed by atoms with Crippen molar-refractivity contribution in [2.45, 2.75) is 6.04 Å². The number of likely N-dealkylation sites (N-methyl/N-ethyl adjacent to an activating group) is 1. The number of halogens is 1. The van der Waals surface area contributed by atoms with Crippen LogP contribution >= 0.6 is 15.9 Å². The molecule has 1 rings (SSSR count). The van der Waals surface area contributed by atoms with Gasteiger partial charge in [0.05, 0.1) is 17.1 Å². The second-order valence-corrected chi connectivity index (χ2v) is 3.59. The zero-order chi connectivity index (χ0) is 9.84. The molecule has 0 spiro atoms. The van der Waals surface area contributed by atoms with Crippen LogP contribution in [-0.4, -0.2) is 23.9 Å². The van der Waals surface area contributed by atoms with Crippen LogP contribution in [-0.2, 0) is 0 Å². The number of nitrogens with one attached hydrogen (secondary N) is 1. The number of phenolic OH excluding ortho intramolecular Hbond substituents is 1. The van der Waals surface area contributed by atoms with Crippen LogP contribution in [0.2, 0.25) is 0 Å². The van der Waals surface area contributed by atoms with E-state index in [4.69, 9.17) is 5.11 Å². The monoisotopic (exact) mass is 245 g/mol. The van der Waals surface area contributed by atoms with E-state index in [2.05, 4.69) is 21.2 Å². The Morgan fingerprint density at radius 1 is 1.54 bits per heavy atom. The van der Waals surface area contributed by atoms with Crippen molar-refractivity contribution in [3.63, 3.8) is 0 Å². The molecule has 1 atom stereocenters. The molecule has 3 N–H and O–H groups in total. The summed E-state index contributed by atoms with van der Waals surface area (Å²) in [5, 5.41) is 21.3. The molecule has 3 nitrogen and oxygen atoms in total. The molecular weight excluding hydrogens is 234 g/mol. The molecule has 0 saturated heterocycles. The third kappa shape index (κ3) is 2.43. The van der Waals surface area contributed by atoms with Crippen molar-refractivity contribution < 1.29 is 10.2 Å². The lowest BCUT2D eigenvalue weighted by atomic mass is 10.1. The third-order valence-corrected chi connectivity index (χ3v) is 2.57. The summed E-state index contributed by atoms with van der Waals surface area (Å²) in [4.78, 5) is 0.